The largest absolute Gasteiger partial charge is 0.396 e. The molecule has 0 radical (unpaired) electrons. The summed E-state index contributed by atoms with van der Waals surface area (Å²) in [5.41, 5.74) is 0.452. The molecule has 1 rings (SSSR count). The van der Waals surface area contributed by atoms with Crippen LogP contribution in [0.4, 0.5) is 0 Å². The van der Waals surface area contributed by atoms with Gasteiger partial charge in [-0.1, -0.05) is 20.3 Å². The normalized spacial score (nSPS) is 18.7. The third-order valence-corrected chi connectivity index (χ3v) is 3.30. The summed E-state index contributed by atoms with van der Waals surface area (Å²) in [6, 6.07) is 0. The number of hydrogen-bond acceptors (Lipinski definition) is 2. The zero-order valence-electron chi connectivity index (χ0n) is 8.97. The minimum Gasteiger partial charge on any atom is -0.396 e. The Morgan fingerprint density at radius 2 is 2.08 bits per heavy atom. The first kappa shape index (κ1) is 11.0. The van der Waals surface area contributed by atoms with E-state index in [-0.39, 0.29) is 0 Å². The van der Waals surface area contributed by atoms with Crippen LogP contribution >= 0.6 is 0 Å². The number of aliphatic hydroxyl groups is 1. The lowest BCUT2D eigenvalue weighted by Crippen LogP contribution is -2.39. The van der Waals surface area contributed by atoms with Crippen molar-refractivity contribution >= 4 is 0 Å². The van der Waals surface area contributed by atoms with Crippen molar-refractivity contribution in [3.8, 4) is 0 Å². The van der Waals surface area contributed by atoms with Gasteiger partial charge in [-0.25, -0.2) is 0 Å². The lowest BCUT2D eigenvalue weighted by molar-refractivity contribution is 0.118. The van der Waals surface area contributed by atoms with Crippen molar-refractivity contribution in [3.63, 3.8) is 0 Å². The topological polar surface area (TPSA) is 32.3 Å². The molecule has 1 aliphatic rings. The molecule has 0 unspecified atom stereocenters. The highest BCUT2D eigenvalue weighted by molar-refractivity contribution is 4.85. The molecule has 2 N–H and O–H groups in total. The molecule has 0 atom stereocenters. The van der Waals surface area contributed by atoms with Crippen LogP contribution in [0.25, 0.3) is 0 Å². The Kier molecular flexibility index (Phi) is 4.20. The maximum atomic E-state index is 8.62. The highest BCUT2D eigenvalue weighted by atomic mass is 16.3. The van der Waals surface area contributed by atoms with Crippen LogP contribution < -0.4 is 5.32 Å². The van der Waals surface area contributed by atoms with E-state index in [4.69, 9.17) is 5.11 Å². The number of rotatable bonds is 6. The monoisotopic (exact) mass is 185 g/mol. The summed E-state index contributed by atoms with van der Waals surface area (Å²) in [7, 11) is 0. The van der Waals surface area contributed by atoms with Crippen LogP contribution in [0, 0.1) is 11.3 Å². The van der Waals surface area contributed by atoms with Gasteiger partial charge in [0.2, 0.25) is 0 Å². The summed E-state index contributed by atoms with van der Waals surface area (Å²) < 4.78 is 0. The Morgan fingerprint density at radius 1 is 1.38 bits per heavy atom. The van der Waals surface area contributed by atoms with Crippen LogP contribution in [0.5, 0.6) is 0 Å². The van der Waals surface area contributed by atoms with Gasteiger partial charge in [0, 0.05) is 13.2 Å². The maximum Gasteiger partial charge on any atom is 0.0443 e. The molecule has 0 bridgehead atoms. The lowest BCUT2D eigenvalue weighted by atomic mass is 9.67. The van der Waals surface area contributed by atoms with Gasteiger partial charge >= 0.3 is 0 Å². The summed E-state index contributed by atoms with van der Waals surface area (Å²) in [6.07, 6.45) is 5.12. The first-order valence-corrected chi connectivity index (χ1v) is 5.48. The van der Waals surface area contributed by atoms with Crippen molar-refractivity contribution < 1.29 is 5.11 Å². The molecule has 0 spiro atoms. The molecule has 2 nitrogen and oxygen atoms in total. The zero-order chi connectivity index (χ0) is 9.73. The van der Waals surface area contributed by atoms with Crippen molar-refractivity contribution in [3.05, 3.63) is 0 Å². The number of nitrogens with one attached hydrogen (secondary N) is 1. The molecular formula is C11H23NO. The predicted octanol–water partition coefficient (Wildman–Crippen LogP) is 1.78. The van der Waals surface area contributed by atoms with Crippen molar-refractivity contribution in [2.45, 2.75) is 39.5 Å². The first-order chi connectivity index (χ1) is 6.17. The van der Waals surface area contributed by atoms with Gasteiger partial charge in [0.25, 0.3) is 0 Å². The Balaban J connectivity index is 2.10. The van der Waals surface area contributed by atoms with E-state index >= 15 is 0 Å². The van der Waals surface area contributed by atoms with E-state index in [1.165, 1.54) is 19.3 Å². The highest BCUT2D eigenvalue weighted by Gasteiger charge is 2.33. The number of aliphatic hydroxyl groups excluding tert-OH is 1. The average Bonchev–Trinajstić information content (AvgIpc) is 1.93. The predicted molar refractivity (Wildman–Crippen MR) is 55.7 cm³/mol. The van der Waals surface area contributed by atoms with Crippen LogP contribution in [0.2, 0.25) is 0 Å². The van der Waals surface area contributed by atoms with E-state index in [9.17, 15) is 0 Å². The SMILES string of the molecule is CC(C)(CNCCCO)C1CCC1. The van der Waals surface area contributed by atoms with Gasteiger partial charge in [-0.3, -0.25) is 0 Å². The van der Waals surface area contributed by atoms with E-state index in [1.54, 1.807) is 0 Å². The third-order valence-electron chi connectivity index (χ3n) is 3.30. The lowest BCUT2D eigenvalue weighted by Gasteiger charge is -2.40. The van der Waals surface area contributed by atoms with Crippen molar-refractivity contribution in [1.29, 1.82) is 0 Å². The highest BCUT2D eigenvalue weighted by Crippen LogP contribution is 2.40. The molecule has 78 valence electrons. The summed E-state index contributed by atoms with van der Waals surface area (Å²) >= 11 is 0. The standard InChI is InChI=1S/C11H23NO/c1-11(2,10-5-3-6-10)9-12-7-4-8-13/h10,12-13H,3-9H2,1-2H3. The average molecular weight is 185 g/mol. The molecule has 0 saturated heterocycles. The molecule has 0 heterocycles. The zero-order valence-corrected chi connectivity index (χ0v) is 8.97. The smallest absolute Gasteiger partial charge is 0.0443 e. The maximum absolute atomic E-state index is 8.62. The van der Waals surface area contributed by atoms with E-state index < -0.39 is 0 Å². The van der Waals surface area contributed by atoms with Crippen LogP contribution in [0.3, 0.4) is 0 Å². The Morgan fingerprint density at radius 3 is 2.54 bits per heavy atom. The van der Waals surface area contributed by atoms with Gasteiger partial charge in [-0.2, -0.15) is 0 Å². The fourth-order valence-electron chi connectivity index (χ4n) is 1.95. The van der Waals surface area contributed by atoms with E-state index in [0.717, 1.165) is 25.4 Å². The van der Waals surface area contributed by atoms with Gasteiger partial charge in [0.15, 0.2) is 0 Å². The molecule has 13 heavy (non-hydrogen) atoms. The van der Waals surface area contributed by atoms with Gasteiger partial charge < -0.3 is 10.4 Å². The van der Waals surface area contributed by atoms with E-state index in [1.807, 2.05) is 0 Å². The van der Waals surface area contributed by atoms with Crippen LogP contribution in [-0.4, -0.2) is 24.8 Å². The van der Waals surface area contributed by atoms with Crippen LogP contribution in [0.1, 0.15) is 39.5 Å². The Labute approximate surface area is 81.7 Å². The second kappa shape index (κ2) is 4.97. The van der Waals surface area contributed by atoms with Crippen LogP contribution in [0.15, 0.2) is 0 Å². The molecule has 1 saturated carbocycles. The fraction of sp³-hybridized carbons (Fsp3) is 1.00. The van der Waals surface area contributed by atoms with Crippen molar-refractivity contribution in [1.82, 2.24) is 5.32 Å². The minimum absolute atomic E-state index is 0.302. The quantitative estimate of drug-likeness (QED) is 0.618. The Bertz CT molecular complexity index is 141. The molecule has 1 fully saturated rings. The van der Waals surface area contributed by atoms with Crippen LogP contribution in [-0.2, 0) is 0 Å². The first-order valence-electron chi connectivity index (χ1n) is 5.48. The molecule has 1 aliphatic carbocycles. The second-order valence-electron chi connectivity index (χ2n) is 4.87. The fourth-order valence-corrected chi connectivity index (χ4v) is 1.95. The number of hydrogen-bond donors (Lipinski definition) is 2. The molecule has 0 aromatic carbocycles. The summed E-state index contributed by atoms with van der Waals surface area (Å²) in [6.45, 7) is 7.05. The van der Waals surface area contributed by atoms with E-state index in [0.29, 0.717) is 12.0 Å². The van der Waals surface area contributed by atoms with Crippen molar-refractivity contribution in [2.24, 2.45) is 11.3 Å². The van der Waals surface area contributed by atoms with Crippen molar-refractivity contribution in [2.75, 3.05) is 19.7 Å². The summed E-state index contributed by atoms with van der Waals surface area (Å²) in [5, 5.41) is 12.0. The van der Waals surface area contributed by atoms with E-state index in [2.05, 4.69) is 19.2 Å². The van der Waals surface area contributed by atoms with Gasteiger partial charge in [0.1, 0.15) is 0 Å². The molecule has 0 amide bonds. The van der Waals surface area contributed by atoms with Gasteiger partial charge in [-0.15, -0.1) is 0 Å². The molecule has 0 aromatic rings. The summed E-state index contributed by atoms with van der Waals surface area (Å²) in [5.74, 6) is 0.925. The summed E-state index contributed by atoms with van der Waals surface area (Å²) in [4.78, 5) is 0. The molecule has 0 aliphatic heterocycles. The third kappa shape index (κ3) is 3.28. The van der Waals surface area contributed by atoms with Gasteiger partial charge in [-0.05, 0) is 37.1 Å². The molecule has 0 aromatic heterocycles. The minimum atomic E-state index is 0.302. The molecular weight excluding hydrogens is 162 g/mol. The van der Waals surface area contributed by atoms with Gasteiger partial charge in [0.05, 0.1) is 0 Å². The molecule has 2 heteroatoms. The Hall–Kier alpha value is -0.0800. The second-order valence-corrected chi connectivity index (χ2v) is 4.87.